The number of hydrogen-bond donors (Lipinski definition) is 3. The van der Waals surface area contributed by atoms with Crippen LogP contribution in [0.1, 0.15) is 50.4 Å². The Morgan fingerprint density at radius 2 is 1.81 bits per heavy atom. The van der Waals surface area contributed by atoms with Gasteiger partial charge in [-0.05, 0) is 43.4 Å². The molecule has 0 atom stereocenters. The van der Waals surface area contributed by atoms with Gasteiger partial charge in [0.2, 0.25) is 5.95 Å². The number of nitrogens with one attached hydrogen (secondary N) is 1. The van der Waals surface area contributed by atoms with Crippen molar-refractivity contribution in [1.82, 2.24) is 19.3 Å². The van der Waals surface area contributed by atoms with Crippen molar-refractivity contribution >= 4 is 33.1 Å². The molecule has 0 saturated carbocycles. The smallest absolute Gasteiger partial charge is 0.383 e. The molecule has 14 heteroatoms. The second-order valence-electron chi connectivity index (χ2n) is 8.68. The lowest BCUT2D eigenvalue weighted by molar-refractivity contribution is -0.110. The summed E-state index contributed by atoms with van der Waals surface area (Å²) >= 11 is 1.41. The summed E-state index contributed by atoms with van der Waals surface area (Å²) in [5.74, 6) is 0.830. The van der Waals surface area contributed by atoms with Crippen LogP contribution in [0.2, 0.25) is 0 Å². The zero-order valence-electron chi connectivity index (χ0n) is 20.5. The Balaban J connectivity index is 0.000000830. The number of alkyl halides is 3. The highest BCUT2D eigenvalue weighted by Gasteiger charge is 2.39. The number of anilines is 1. The van der Waals surface area contributed by atoms with Gasteiger partial charge in [-0.2, -0.15) is 25.9 Å². The van der Waals surface area contributed by atoms with Gasteiger partial charge in [0, 0.05) is 44.3 Å². The van der Waals surface area contributed by atoms with Crippen molar-refractivity contribution in [3.63, 3.8) is 0 Å². The Hall–Kier alpha value is -2.39. The van der Waals surface area contributed by atoms with Gasteiger partial charge in [-0.25, -0.2) is 20.1 Å². The zero-order chi connectivity index (χ0) is 27.1. The summed E-state index contributed by atoms with van der Waals surface area (Å²) < 4.78 is 55.3. The highest BCUT2D eigenvalue weighted by molar-refractivity contribution is 7.86. The van der Waals surface area contributed by atoms with Crippen LogP contribution in [-0.4, -0.2) is 52.0 Å². The first-order chi connectivity index (χ1) is 16.6. The first-order valence-electron chi connectivity index (χ1n) is 11.0. The average molecular weight is 549 g/mol. The van der Waals surface area contributed by atoms with Crippen LogP contribution in [0, 0.1) is 5.92 Å². The average Bonchev–Trinajstić information content (AvgIpc) is 3.24. The van der Waals surface area contributed by atoms with Crippen molar-refractivity contribution in [3.8, 4) is 0 Å². The molecule has 1 aliphatic rings. The highest BCUT2D eigenvalue weighted by Crippen LogP contribution is 2.37. The van der Waals surface area contributed by atoms with E-state index in [4.69, 9.17) is 5.14 Å². The number of thiazole rings is 1. The Morgan fingerprint density at radius 3 is 2.31 bits per heavy atom. The summed E-state index contributed by atoms with van der Waals surface area (Å²) in [5.41, 5.74) is 0.690. The maximum Gasteiger partial charge on any atom is 0.386 e. The van der Waals surface area contributed by atoms with Crippen LogP contribution in [0.3, 0.4) is 0 Å². The molecular formula is C22H31F3N6O3S2. The summed E-state index contributed by atoms with van der Waals surface area (Å²) in [6.07, 6.45) is 5.68. The highest BCUT2D eigenvalue weighted by atomic mass is 32.2. The quantitative estimate of drug-likeness (QED) is 0.445. The fourth-order valence-electron chi connectivity index (χ4n) is 3.28. The Kier molecular flexibility index (Phi) is 10.1. The summed E-state index contributed by atoms with van der Waals surface area (Å²) in [7, 11) is -3.74. The third-order valence-electron chi connectivity index (χ3n) is 4.91. The van der Waals surface area contributed by atoms with Crippen LogP contribution < -0.4 is 10.5 Å². The maximum absolute atomic E-state index is 11.5. The fourth-order valence-corrected chi connectivity index (χ4v) is 5.00. The van der Waals surface area contributed by atoms with E-state index >= 15 is 0 Å². The molecule has 200 valence electrons. The van der Waals surface area contributed by atoms with E-state index in [1.165, 1.54) is 15.6 Å². The molecule has 0 bridgehead atoms. The zero-order valence-corrected chi connectivity index (χ0v) is 22.1. The van der Waals surface area contributed by atoms with Gasteiger partial charge in [0.25, 0.3) is 10.2 Å². The Bertz CT molecular complexity index is 1150. The van der Waals surface area contributed by atoms with E-state index in [-0.39, 0.29) is 32.9 Å². The van der Waals surface area contributed by atoms with Crippen molar-refractivity contribution < 1.29 is 26.7 Å². The minimum Gasteiger partial charge on any atom is -0.383 e. The molecule has 36 heavy (non-hydrogen) atoms. The first kappa shape index (κ1) is 29.8. The number of allylic oxidation sites excluding steroid dienone is 3. The molecule has 1 aliphatic heterocycles. The number of halogens is 3. The number of nitrogens with two attached hydrogens (primary N) is 1. The van der Waals surface area contributed by atoms with Gasteiger partial charge in [0.05, 0.1) is 4.88 Å². The largest absolute Gasteiger partial charge is 0.386 e. The SMILES string of the molecule is C/C(=C\C(=C/C(C)C)Nc1ncccn1)c1cnc(C2(O)CCN(S(N)(=O)=O)CC2)s1.CC(F)(F)F. The van der Waals surface area contributed by atoms with Crippen molar-refractivity contribution in [3.05, 3.63) is 52.4 Å². The van der Waals surface area contributed by atoms with Gasteiger partial charge in [-0.3, -0.25) is 0 Å². The second-order valence-corrected chi connectivity index (χ2v) is 11.3. The molecule has 9 nitrogen and oxygen atoms in total. The molecule has 3 rings (SSSR count). The summed E-state index contributed by atoms with van der Waals surface area (Å²) in [4.78, 5) is 13.8. The molecular weight excluding hydrogens is 517 g/mol. The molecule has 1 saturated heterocycles. The summed E-state index contributed by atoms with van der Waals surface area (Å²) in [5, 5.41) is 20.0. The lowest BCUT2D eigenvalue weighted by atomic mass is 9.93. The van der Waals surface area contributed by atoms with Gasteiger partial charge in [0.15, 0.2) is 0 Å². The second kappa shape index (κ2) is 12.2. The minimum absolute atomic E-state index is 0.168. The summed E-state index contributed by atoms with van der Waals surface area (Å²) in [6, 6.07) is 1.76. The van der Waals surface area contributed by atoms with E-state index in [1.54, 1.807) is 24.7 Å². The minimum atomic E-state index is -4.00. The standard InChI is InChI=1S/C20H28N6O3S2.C2H3F3/c1-14(2)11-16(25-19-22-7-4-8-23-19)12-15(3)17-13-24-18(30-17)20(27)5-9-26(10-6-20)31(21,28)29;1-2(3,4)5/h4,7-8,11-14,27H,5-6,9-10H2,1-3H3,(H2,21,28,29)(H,22,23,25);1H3/b15-12+,16-11+;. The van der Waals surface area contributed by atoms with Gasteiger partial charge >= 0.3 is 6.18 Å². The molecule has 3 heterocycles. The lowest BCUT2D eigenvalue weighted by Crippen LogP contribution is -2.47. The number of hydrogen-bond acceptors (Lipinski definition) is 8. The van der Waals surface area contributed by atoms with Crippen LogP contribution in [0.5, 0.6) is 0 Å². The first-order valence-corrected chi connectivity index (χ1v) is 13.4. The molecule has 0 aromatic carbocycles. The van der Waals surface area contributed by atoms with Crippen LogP contribution in [0.4, 0.5) is 19.1 Å². The van der Waals surface area contributed by atoms with Gasteiger partial charge < -0.3 is 10.4 Å². The van der Waals surface area contributed by atoms with Crippen molar-refractivity contribution in [2.24, 2.45) is 11.1 Å². The van der Waals surface area contributed by atoms with E-state index in [0.29, 0.717) is 16.9 Å². The lowest BCUT2D eigenvalue weighted by Gasteiger charge is -2.35. The van der Waals surface area contributed by atoms with Crippen molar-refractivity contribution in [2.75, 3.05) is 18.4 Å². The molecule has 2 aromatic rings. The molecule has 0 amide bonds. The van der Waals surface area contributed by atoms with E-state index in [9.17, 15) is 26.7 Å². The molecule has 0 spiro atoms. The normalized spacial score (nSPS) is 17.5. The number of aliphatic hydroxyl groups is 1. The number of rotatable bonds is 7. The van der Waals surface area contributed by atoms with Gasteiger partial charge in [0.1, 0.15) is 10.6 Å². The molecule has 0 aliphatic carbocycles. The number of aromatic nitrogens is 3. The molecule has 4 N–H and O–H groups in total. The van der Waals surface area contributed by atoms with E-state index in [2.05, 4.69) is 40.2 Å². The number of piperidine rings is 1. The predicted octanol–water partition coefficient (Wildman–Crippen LogP) is 4.04. The fraction of sp³-hybridized carbons (Fsp3) is 0.500. The van der Waals surface area contributed by atoms with Crippen molar-refractivity contribution in [1.29, 1.82) is 0 Å². The molecule has 0 unspecified atom stereocenters. The van der Waals surface area contributed by atoms with E-state index in [1.807, 2.05) is 13.0 Å². The van der Waals surface area contributed by atoms with E-state index < -0.39 is 22.0 Å². The molecule has 1 fully saturated rings. The Labute approximate surface area is 213 Å². The predicted molar refractivity (Wildman–Crippen MR) is 134 cm³/mol. The topological polar surface area (TPSA) is 134 Å². The van der Waals surface area contributed by atoms with Crippen LogP contribution in [0.25, 0.3) is 5.57 Å². The monoisotopic (exact) mass is 548 g/mol. The number of nitrogens with zero attached hydrogens (tertiary/aromatic N) is 4. The Morgan fingerprint density at radius 1 is 1.25 bits per heavy atom. The molecule has 0 radical (unpaired) electrons. The molecule has 2 aromatic heterocycles. The van der Waals surface area contributed by atoms with Crippen molar-refractivity contribution in [2.45, 2.75) is 52.3 Å². The van der Waals surface area contributed by atoms with Crippen LogP contribution in [-0.2, 0) is 15.8 Å². The van der Waals surface area contributed by atoms with Gasteiger partial charge in [-0.1, -0.05) is 19.9 Å². The van der Waals surface area contributed by atoms with E-state index in [0.717, 1.165) is 16.1 Å². The van der Waals surface area contributed by atoms with Crippen LogP contribution >= 0.6 is 11.3 Å². The van der Waals surface area contributed by atoms with Gasteiger partial charge in [-0.15, -0.1) is 11.3 Å². The third-order valence-corrected chi connectivity index (χ3v) is 7.32. The van der Waals surface area contributed by atoms with Crippen LogP contribution in [0.15, 0.2) is 42.5 Å². The summed E-state index contributed by atoms with van der Waals surface area (Å²) in [6.45, 7) is 6.68. The third kappa shape index (κ3) is 9.93. The maximum atomic E-state index is 11.5.